The van der Waals surface area contributed by atoms with Gasteiger partial charge in [-0.2, -0.15) is 4.31 Å². The highest BCUT2D eigenvalue weighted by Gasteiger charge is 2.26. The van der Waals surface area contributed by atoms with Gasteiger partial charge in [0.05, 0.1) is 6.54 Å². The van der Waals surface area contributed by atoms with Crippen molar-refractivity contribution in [1.82, 2.24) is 9.29 Å². The number of aryl methyl sites for hydroxylation is 1. The molecule has 0 aliphatic carbocycles. The van der Waals surface area contributed by atoms with Gasteiger partial charge in [0.25, 0.3) is 10.0 Å². The molecular formula is C13H14BrN3O3S2. The summed E-state index contributed by atoms with van der Waals surface area (Å²) in [7, 11) is -2.33. The summed E-state index contributed by atoms with van der Waals surface area (Å²) in [4.78, 5) is 16.0. The summed E-state index contributed by atoms with van der Waals surface area (Å²) in [6.07, 6.45) is 1.62. The Morgan fingerprint density at radius 3 is 2.68 bits per heavy atom. The third kappa shape index (κ3) is 3.92. The number of aromatic nitrogens is 1. The minimum absolute atomic E-state index is 0.177. The number of halogens is 1. The van der Waals surface area contributed by atoms with Gasteiger partial charge in [-0.05, 0) is 45.9 Å². The van der Waals surface area contributed by atoms with Gasteiger partial charge in [0.15, 0.2) is 0 Å². The van der Waals surface area contributed by atoms with Gasteiger partial charge in [0, 0.05) is 17.7 Å². The quantitative estimate of drug-likeness (QED) is 0.831. The summed E-state index contributed by atoms with van der Waals surface area (Å²) >= 11 is 4.29. The zero-order chi connectivity index (χ0) is 16.3. The van der Waals surface area contributed by atoms with Crippen molar-refractivity contribution in [3.8, 4) is 0 Å². The van der Waals surface area contributed by atoms with Gasteiger partial charge in [-0.15, -0.1) is 11.3 Å². The van der Waals surface area contributed by atoms with Crippen LogP contribution in [-0.4, -0.2) is 37.2 Å². The fourth-order valence-corrected chi connectivity index (χ4v) is 5.25. The molecule has 1 amide bonds. The van der Waals surface area contributed by atoms with Gasteiger partial charge >= 0.3 is 0 Å². The number of likely N-dealkylation sites (N-methyl/N-ethyl adjacent to an activating group) is 1. The van der Waals surface area contributed by atoms with Crippen molar-refractivity contribution >= 4 is 49.0 Å². The van der Waals surface area contributed by atoms with Crippen LogP contribution in [0.4, 0.5) is 5.82 Å². The number of carbonyl (C=O) groups is 1. The van der Waals surface area contributed by atoms with E-state index >= 15 is 0 Å². The molecule has 0 saturated carbocycles. The van der Waals surface area contributed by atoms with Gasteiger partial charge in [-0.3, -0.25) is 4.79 Å². The summed E-state index contributed by atoms with van der Waals surface area (Å²) in [6.45, 7) is 1.60. The number of hydrogen-bond donors (Lipinski definition) is 1. The number of amides is 1. The Morgan fingerprint density at radius 2 is 2.14 bits per heavy atom. The average molecular weight is 404 g/mol. The largest absolute Gasteiger partial charge is 0.310 e. The molecule has 0 unspecified atom stereocenters. The molecule has 6 nitrogen and oxygen atoms in total. The van der Waals surface area contributed by atoms with Gasteiger partial charge in [-0.1, -0.05) is 6.07 Å². The van der Waals surface area contributed by atoms with Crippen molar-refractivity contribution in [2.45, 2.75) is 11.1 Å². The lowest BCUT2D eigenvalue weighted by molar-refractivity contribution is -0.116. The number of sulfonamides is 1. The molecule has 2 aromatic rings. The monoisotopic (exact) mass is 403 g/mol. The predicted molar refractivity (Wildman–Crippen MR) is 89.4 cm³/mol. The van der Waals surface area contributed by atoms with Crippen LogP contribution >= 0.6 is 27.3 Å². The van der Waals surface area contributed by atoms with Gasteiger partial charge in [0.1, 0.15) is 10.0 Å². The van der Waals surface area contributed by atoms with Crippen molar-refractivity contribution in [2.24, 2.45) is 0 Å². The standard InChI is InChI=1S/C13H14BrN3O3S2/c1-9-3-4-11(15-7-9)16-12(18)8-17(2)22(19,20)13-10(14)5-6-21-13/h3-7H,8H2,1-2H3,(H,15,16,18). The molecule has 0 aromatic carbocycles. The zero-order valence-corrected chi connectivity index (χ0v) is 15.1. The number of nitrogens with one attached hydrogen (secondary N) is 1. The fraction of sp³-hybridized carbons (Fsp3) is 0.231. The first-order chi connectivity index (χ1) is 10.3. The summed E-state index contributed by atoms with van der Waals surface area (Å²) in [6, 6.07) is 5.13. The Balaban J connectivity index is 2.05. The van der Waals surface area contributed by atoms with Crippen molar-refractivity contribution < 1.29 is 13.2 Å². The van der Waals surface area contributed by atoms with Crippen LogP contribution in [0.5, 0.6) is 0 Å². The molecule has 0 spiro atoms. The fourth-order valence-electron chi connectivity index (χ4n) is 1.62. The second-order valence-corrected chi connectivity index (χ2v) is 8.60. The van der Waals surface area contributed by atoms with Gasteiger partial charge < -0.3 is 5.32 Å². The van der Waals surface area contributed by atoms with Crippen LogP contribution in [0, 0.1) is 6.92 Å². The van der Waals surface area contributed by atoms with Crippen LogP contribution < -0.4 is 5.32 Å². The number of thiophene rings is 1. The van der Waals surface area contributed by atoms with Crippen molar-refractivity contribution in [3.05, 3.63) is 39.8 Å². The number of nitrogens with zero attached hydrogens (tertiary/aromatic N) is 2. The van der Waals surface area contributed by atoms with Crippen LogP contribution in [0.15, 0.2) is 38.5 Å². The smallest absolute Gasteiger partial charge is 0.253 e. The van der Waals surface area contributed by atoms with E-state index in [0.717, 1.165) is 21.2 Å². The van der Waals surface area contributed by atoms with Gasteiger partial charge in [-0.25, -0.2) is 13.4 Å². The lowest BCUT2D eigenvalue weighted by atomic mass is 10.3. The van der Waals surface area contributed by atoms with Crippen molar-refractivity contribution in [1.29, 1.82) is 0 Å². The van der Waals surface area contributed by atoms with E-state index in [-0.39, 0.29) is 10.8 Å². The first kappa shape index (κ1) is 17.1. The Morgan fingerprint density at radius 1 is 1.41 bits per heavy atom. The normalized spacial score (nSPS) is 11.6. The summed E-state index contributed by atoms with van der Waals surface area (Å²) in [5.74, 6) is -0.0613. The number of carbonyl (C=O) groups excluding carboxylic acids is 1. The molecule has 0 aliphatic heterocycles. The number of hydrogen-bond acceptors (Lipinski definition) is 5. The highest BCUT2D eigenvalue weighted by Crippen LogP contribution is 2.29. The Kier molecular flexibility index (Phi) is 5.32. The lowest BCUT2D eigenvalue weighted by Crippen LogP contribution is -2.34. The number of pyridine rings is 1. The Labute approximate surface area is 141 Å². The van der Waals surface area contributed by atoms with Crippen molar-refractivity contribution in [2.75, 3.05) is 18.9 Å². The Hall–Kier alpha value is -1.29. The van der Waals surface area contributed by atoms with E-state index in [4.69, 9.17) is 0 Å². The summed E-state index contributed by atoms with van der Waals surface area (Å²) in [5.41, 5.74) is 0.972. The maximum absolute atomic E-state index is 12.4. The van der Waals surface area contributed by atoms with E-state index in [9.17, 15) is 13.2 Å². The molecule has 2 heterocycles. The van der Waals surface area contributed by atoms with Crippen LogP contribution in [0.3, 0.4) is 0 Å². The maximum Gasteiger partial charge on any atom is 0.253 e. The van der Waals surface area contributed by atoms with Crippen molar-refractivity contribution in [3.63, 3.8) is 0 Å². The summed E-state index contributed by atoms with van der Waals surface area (Å²) < 4.78 is 26.4. The van der Waals surface area contributed by atoms with Crippen LogP contribution in [0.25, 0.3) is 0 Å². The SMILES string of the molecule is Cc1ccc(NC(=O)CN(C)S(=O)(=O)c2sccc2Br)nc1. The predicted octanol–water partition coefficient (Wildman–Crippen LogP) is 2.47. The highest BCUT2D eigenvalue weighted by atomic mass is 79.9. The minimum Gasteiger partial charge on any atom is -0.310 e. The number of rotatable bonds is 5. The minimum atomic E-state index is -3.70. The third-order valence-corrected chi connectivity index (χ3v) is 7.22. The molecule has 0 radical (unpaired) electrons. The topological polar surface area (TPSA) is 79.4 Å². The van der Waals surface area contributed by atoms with E-state index in [1.807, 2.05) is 13.0 Å². The molecule has 0 saturated heterocycles. The molecule has 2 aromatic heterocycles. The molecule has 118 valence electrons. The highest BCUT2D eigenvalue weighted by molar-refractivity contribution is 9.10. The molecule has 0 bridgehead atoms. The molecular weight excluding hydrogens is 390 g/mol. The van der Waals surface area contributed by atoms with Crippen LogP contribution in [-0.2, 0) is 14.8 Å². The first-order valence-corrected chi connectivity index (χ1v) is 9.34. The second kappa shape index (κ2) is 6.86. The molecule has 22 heavy (non-hydrogen) atoms. The van der Waals surface area contributed by atoms with Gasteiger partial charge in [0.2, 0.25) is 5.91 Å². The van der Waals surface area contributed by atoms with E-state index in [2.05, 4.69) is 26.2 Å². The molecule has 2 rings (SSSR count). The second-order valence-electron chi connectivity index (χ2n) is 4.59. The van der Waals surface area contributed by atoms with E-state index < -0.39 is 15.9 Å². The van der Waals surface area contributed by atoms with E-state index in [1.54, 1.807) is 23.7 Å². The van der Waals surface area contributed by atoms with Crippen LogP contribution in [0.2, 0.25) is 0 Å². The zero-order valence-electron chi connectivity index (χ0n) is 11.9. The Bertz CT molecular complexity index is 772. The third-order valence-electron chi connectivity index (χ3n) is 2.77. The summed E-state index contributed by atoms with van der Waals surface area (Å²) in [5, 5.41) is 4.24. The van der Waals surface area contributed by atoms with Crippen LogP contribution in [0.1, 0.15) is 5.56 Å². The number of anilines is 1. The van der Waals surface area contributed by atoms with E-state index in [1.165, 1.54) is 7.05 Å². The first-order valence-electron chi connectivity index (χ1n) is 6.22. The molecule has 0 fully saturated rings. The lowest BCUT2D eigenvalue weighted by Gasteiger charge is -2.16. The maximum atomic E-state index is 12.4. The molecule has 0 aliphatic rings. The molecule has 0 atom stereocenters. The molecule has 1 N–H and O–H groups in total. The molecule has 9 heteroatoms. The van der Waals surface area contributed by atoms with E-state index in [0.29, 0.717) is 10.3 Å². The average Bonchev–Trinajstić information content (AvgIpc) is 2.88.